The van der Waals surface area contributed by atoms with Gasteiger partial charge in [-0.25, -0.2) is 0 Å². The molecule has 8 fully saturated rings. The Kier molecular flexibility index (Phi) is 22.3. The molecule has 18 N–H and O–H groups in total. The van der Waals surface area contributed by atoms with Gasteiger partial charge in [-0.3, -0.25) is 4.79 Å². The molecule has 9 aliphatic rings. The lowest BCUT2D eigenvalue weighted by Crippen LogP contribution is -2.67. The number of aliphatic hydroxyl groups is 18. The van der Waals surface area contributed by atoms with Crippen LogP contribution >= 0.6 is 0 Å². The van der Waals surface area contributed by atoms with Gasteiger partial charge in [-0.2, -0.15) is 0 Å². The van der Waals surface area contributed by atoms with Gasteiger partial charge in [0.2, 0.25) is 0 Å². The zero-order valence-electron chi connectivity index (χ0n) is 52.6. The Morgan fingerprint density at radius 2 is 1.02 bits per heavy atom. The summed E-state index contributed by atoms with van der Waals surface area (Å²) in [4.78, 5) is 15.2. The van der Waals surface area contributed by atoms with Crippen LogP contribution in [0.25, 0.3) is 0 Å². The van der Waals surface area contributed by atoms with Crippen LogP contribution in [0, 0.1) is 51.2 Å². The zero-order chi connectivity index (χ0) is 66.4. The van der Waals surface area contributed by atoms with Crippen LogP contribution in [0.4, 0.5) is 0 Å². The maximum absolute atomic E-state index is 15.2. The van der Waals surface area contributed by atoms with Crippen molar-refractivity contribution in [3.05, 3.63) is 11.6 Å². The lowest BCUT2D eigenvalue weighted by molar-refractivity contribution is -0.380. The molecule has 35 atom stereocenters. The number of rotatable bonds is 20. The minimum atomic E-state index is -1.95. The first-order valence-electron chi connectivity index (χ1n) is 31.8. The predicted octanol–water partition coefficient (Wildman–Crippen LogP) is -4.95. The van der Waals surface area contributed by atoms with E-state index in [0.717, 1.165) is 5.57 Å². The molecule has 90 heavy (non-hydrogen) atoms. The van der Waals surface area contributed by atoms with E-state index in [-0.39, 0.29) is 30.0 Å². The average molecular weight is 1300 g/mol. The standard InChI is InChI=1S/C61H102O29/c1-23(10-12-36(58(5,6)80)89-56-50(90-55-49(79)44(74)40(70)31(20-64)85-55)46(76)42(72)33(87-56)22-81-52-38(68)24(2)37(67)29(18-62)83-52)25-14-15-59(7)51-28(65)16-27-26(61(51,9)34(66)17-60(25,59)8)11-13-35(57(27,3)4)88-54-48(78)45(75)41(71)32(86-54)21-82-53-47(77)43(73)39(69)30(19-63)84-53/h16,23-26,29-56,62-64,66-80H,10-15,17-22H2,1-9H3/t23-,24+,25?,26?,29-,30-,31+,32-,33-,34-,35+,36-,37+,38-,39-,40+,41-,42-,43+,44-,45+,46+,47-,48-,49+,50-,51?,52-,53-,54+,55-,56+,59+,60-,61-/m1/s1. The molecule has 5 heterocycles. The third-order valence-corrected chi connectivity index (χ3v) is 23.0. The van der Waals surface area contributed by atoms with Crippen LogP contribution in [0.3, 0.4) is 0 Å². The van der Waals surface area contributed by atoms with Gasteiger partial charge in [-0.1, -0.05) is 54.0 Å². The van der Waals surface area contributed by atoms with Crippen molar-refractivity contribution in [1.82, 2.24) is 0 Å². The van der Waals surface area contributed by atoms with Crippen molar-refractivity contribution < 1.29 is 144 Å². The van der Waals surface area contributed by atoms with E-state index in [1.54, 1.807) is 6.08 Å². The number of hydrogen-bond acceptors (Lipinski definition) is 29. The third kappa shape index (κ3) is 12.9. The van der Waals surface area contributed by atoms with Crippen molar-refractivity contribution in [2.24, 2.45) is 51.2 Å². The van der Waals surface area contributed by atoms with Gasteiger partial charge in [0.05, 0.1) is 63.1 Å². The molecule has 9 rings (SSSR count). The van der Waals surface area contributed by atoms with Crippen LogP contribution in [0.1, 0.15) is 107 Å². The average Bonchev–Trinajstić information content (AvgIpc) is 1.21. The first-order chi connectivity index (χ1) is 42.0. The molecule has 5 saturated heterocycles. The second kappa shape index (κ2) is 27.7. The van der Waals surface area contributed by atoms with E-state index >= 15 is 4.79 Å². The second-order valence-electron chi connectivity index (χ2n) is 29.1. The first-order valence-corrected chi connectivity index (χ1v) is 31.8. The minimum absolute atomic E-state index is 0.0801. The number of ether oxygens (including phenoxy) is 10. The molecular formula is C61H102O29. The number of fused-ring (bicyclic) bond motifs is 5. The van der Waals surface area contributed by atoms with Gasteiger partial charge >= 0.3 is 0 Å². The van der Waals surface area contributed by atoms with Crippen LogP contribution in [0.5, 0.6) is 0 Å². The Balaban J connectivity index is 0.896. The van der Waals surface area contributed by atoms with Crippen molar-refractivity contribution >= 4 is 5.78 Å². The van der Waals surface area contributed by atoms with Gasteiger partial charge in [0.1, 0.15) is 110 Å². The predicted molar refractivity (Wildman–Crippen MR) is 304 cm³/mol. The molecule has 4 aliphatic carbocycles. The highest BCUT2D eigenvalue weighted by atomic mass is 16.8. The quantitative estimate of drug-likeness (QED) is 0.0543. The molecule has 0 bridgehead atoms. The Morgan fingerprint density at radius 3 is 1.57 bits per heavy atom. The van der Waals surface area contributed by atoms with Crippen molar-refractivity contribution in [3.8, 4) is 0 Å². The molecule has 0 aromatic rings. The highest BCUT2D eigenvalue weighted by Crippen LogP contribution is 2.74. The van der Waals surface area contributed by atoms with E-state index in [0.29, 0.717) is 38.5 Å². The van der Waals surface area contributed by atoms with Crippen molar-refractivity contribution in [1.29, 1.82) is 0 Å². The Morgan fingerprint density at radius 1 is 0.556 bits per heavy atom. The van der Waals surface area contributed by atoms with E-state index in [9.17, 15) is 91.9 Å². The monoisotopic (exact) mass is 1300 g/mol. The van der Waals surface area contributed by atoms with Gasteiger partial charge in [-0.15, -0.1) is 0 Å². The molecule has 5 aliphatic heterocycles. The highest BCUT2D eigenvalue weighted by molar-refractivity contribution is 5.95. The van der Waals surface area contributed by atoms with E-state index in [1.807, 2.05) is 20.8 Å². The zero-order valence-corrected chi connectivity index (χ0v) is 52.6. The maximum atomic E-state index is 15.2. The van der Waals surface area contributed by atoms with Crippen molar-refractivity contribution in [2.45, 2.75) is 279 Å². The topological polar surface area (TPSA) is 474 Å². The van der Waals surface area contributed by atoms with Gasteiger partial charge in [0, 0.05) is 22.7 Å². The normalized spacial score (nSPS) is 51.4. The van der Waals surface area contributed by atoms with Gasteiger partial charge in [0.15, 0.2) is 37.2 Å². The van der Waals surface area contributed by atoms with Crippen LogP contribution in [0.2, 0.25) is 0 Å². The molecule has 0 aromatic heterocycles. The first kappa shape index (κ1) is 72.6. The number of carbonyl (C=O) groups excluding carboxylic acids is 1. The van der Waals surface area contributed by atoms with Gasteiger partial charge in [0.25, 0.3) is 0 Å². The largest absolute Gasteiger partial charge is 0.394 e. The van der Waals surface area contributed by atoms with E-state index in [1.165, 1.54) is 20.8 Å². The lowest BCUT2D eigenvalue weighted by atomic mass is 9.38. The molecule has 3 saturated carbocycles. The second-order valence-corrected chi connectivity index (χ2v) is 29.1. The van der Waals surface area contributed by atoms with Crippen LogP contribution in [0.15, 0.2) is 11.6 Å². The summed E-state index contributed by atoms with van der Waals surface area (Å²) in [7, 11) is 0. The van der Waals surface area contributed by atoms with Gasteiger partial charge < -0.3 is 139 Å². The summed E-state index contributed by atoms with van der Waals surface area (Å²) in [5.74, 6) is -2.12. The third-order valence-electron chi connectivity index (χ3n) is 23.0. The Bertz CT molecular complexity index is 2430. The summed E-state index contributed by atoms with van der Waals surface area (Å²) in [6.07, 6.45) is -37.1. The molecule has 29 heteroatoms. The number of allylic oxidation sites excluding steroid dienone is 1. The minimum Gasteiger partial charge on any atom is -0.394 e. The summed E-state index contributed by atoms with van der Waals surface area (Å²) in [5.41, 5.74) is -4.04. The summed E-state index contributed by atoms with van der Waals surface area (Å²) >= 11 is 0. The van der Waals surface area contributed by atoms with Crippen molar-refractivity contribution in [3.63, 3.8) is 0 Å². The van der Waals surface area contributed by atoms with Gasteiger partial charge in [-0.05, 0) is 93.5 Å². The van der Waals surface area contributed by atoms with Crippen LogP contribution in [-0.4, -0.2) is 302 Å². The molecule has 3 unspecified atom stereocenters. The fourth-order valence-electron chi connectivity index (χ4n) is 17.0. The molecule has 0 amide bonds. The van der Waals surface area contributed by atoms with Crippen LogP contribution < -0.4 is 0 Å². The smallest absolute Gasteiger partial charge is 0.187 e. The Hall–Kier alpha value is -1.71. The fourth-order valence-corrected chi connectivity index (χ4v) is 17.0. The van der Waals surface area contributed by atoms with Crippen molar-refractivity contribution in [2.75, 3.05) is 33.0 Å². The maximum Gasteiger partial charge on any atom is 0.187 e. The molecule has 0 spiro atoms. The molecular weight excluding hydrogens is 1200 g/mol. The summed E-state index contributed by atoms with van der Waals surface area (Å²) in [5, 5.41) is 195. The number of ketones is 1. The number of carbonyl (C=O) groups is 1. The molecule has 520 valence electrons. The van der Waals surface area contributed by atoms with E-state index in [2.05, 4.69) is 20.8 Å². The Labute approximate surface area is 522 Å². The van der Waals surface area contributed by atoms with E-state index < -0.39 is 238 Å². The summed E-state index contributed by atoms with van der Waals surface area (Å²) < 4.78 is 59.6. The summed E-state index contributed by atoms with van der Waals surface area (Å²) in [6.45, 7) is 13.4. The van der Waals surface area contributed by atoms with Crippen LogP contribution in [-0.2, 0) is 52.2 Å². The fraction of sp³-hybridized carbons (Fsp3) is 0.951. The molecule has 29 nitrogen and oxygen atoms in total. The van der Waals surface area contributed by atoms with E-state index in [4.69, 9.17) is 47.4 Å². The highest BCUT2D eigenvalue weighted by Gasteiger charge is 2.72. The number of aliphatic hydroxyl groups excluding tert-OH is 17. The lowest BCUT2D eigenvalue weighted by Gasteiger charge is -2.66. The molecule has 0 aromatic carbocycles. The summed E-state index contributed by atoms with van der Waals surface area (Å²) in [6, 6.07) is 0. The molecule has 0 radical (unpaired) electrons. The number of hydrogen-bond donors (Lipinski definition) is 18. The SMILES string of the molecule is C[C@@H]1[C@@H](O)[C@H](OC[C@H]2O[C@@H](O[C@H](CC[C@@H](C)C3CC[C@@]4(C)C5C(=O)C=C6C(CC[C@H](O[C@@H]7O[C@H](CO[C@@H]8O[C@H](CO)[C@@H](O)[C@H](O)[C@H]8O)[C@@H](O)[C@H](O)[C@H]7O)C6(C)C)[C@]5(C)[C@H](O)C[C@]34C)C(C)(C)O)[C@H](O[C@H]3O[C@@H](CO)[C@H](O)[C@@H](O)[C@@H]3O)[C@@H](O)[C@@H]2O)O[C@H](CO)[C@H]1O.